The molecule has 140 valence electrons. The molecular formula is C17H20Cl2N4O3. The van der Waals surface area contributed by atoms with Crippen molar-refractivity contribution in [3.05, 3.63) is 36.6 Å². The molecule has 1 fully saturated rings. The summed E-state index contributed by atoms with van der Waals surface area (Å²) in [5.41, 5.74) is 7.90. The highest BCUT2D eigenvalue weighted by molar-refractivity contribution is 5.96. The average Bonchev–Trinajstić information content (AvgIpc) is 3.32. The van der Waals surface area contributed by atoms with Crippen LogP contribution in [0, 0.1) is 0 Å². The van der Waals surface area contributed by atoms with E-state index in [9.17, 15) is 4.79 Å². The van der Waals surface area contributed by atoms with Crippen molar-refractivity contribution < 1.29 is 13.9 Å². The summed E-state index contributed by atoms with van der Waals surface area (Å²) < 4.78 is 11.0. The van der Waals surface area contributed by atoms with Crippen LogP contribution in [0.2, 0.25) is 0 Å². The van der Waals surface area contributed by atoms with Gasteiger partial charge in [-0.05, 0) is 43.2 Å². The number of amides is 1. The summed E-state index contributed by atoms with van der Waals surface area (Å²) >= 11 is 0. The molecule has 1 saturated heterocycles. The van der Waals surface area contributed by atoms with Crippen LogP contribution < -0.4 is 11.1 Å². The molecule has 1 aromatic carbocycles. The van der Waals surface area contributed by atoms with Crippen LogP contribution in [0.1, 0.15) is 12.8 Å². The number of carbonyl (C=O) groups is 1. The molecule has 1 amide bonds. The molecule has 0 aliphatic carbocycles. The highest BCUT2D eigenvalue weighted by Gasteiger charge is 2.29. The Balaban J connectivity index is 0.00000121. The number of furan rings is 1. The largest absolute Gasteiger partial charge is 0.461 e. The number of halogens is 2. The summed E-state index contributed by atoms with van der Waals surface area (Å²) in [6.45, 7) is 0.444. The van der Waals surface area contributed by atoms with E-state index in [0.29, 0.717) is 30.2 Å². The van der Waals surface area contributed by atoms with Crippen LogP contribution in [-0.4, -0.2) is 34.6 Å². The minimum Gasteiger partial charge on any atom is -0.461 e. The number of imidazole rings is 1. The van der Waals surface area contributed by atoms with Gasteiger partial charge in [-0.25, -0.2) is 4.98 Å². The summed E-state index contributed by atoms with van der Waals surface area (Å²) in [6, 6.07) is 9.17. The summed E-state index contributed by atoms with van der Waals surface area (Å²) in [4.78, 5) is 20.0. The molecule has 0 spiro atoms. The minimum absolute atomic E-state index is 0. The normalized spacial score (nSPS) is 19.0. The van der Waals surface area contributed by atoms with Crippen LogP contribution in [0.25, 0.3) is 22.6 Å². The Morgan fingerprint density at radius 2 is 2.15 bits per heavy atom. The van der Waals surface area contributed by atoms with Crippen molar-refractivity contribution in [3.63, 3.8) is 0 Å². The molecule has 7 nitrogen and oxygen atoms in total. The molecule has 0 saturated carbocycles. The van der Waals surface area contributed by atoms with E-state index in [0.717, 1.165) is 17.5 Å². The summed E-state index contributed by atoms with van der Waals surface area (Å²) in [5, 5.41) is 2.89. The van der Waals surface area contributed by atoms with Crippen LogP contribution in [0.5, 0.6) is 0 Å². The second kappa shape index (κ2) is 8.55. The number of rotatable bonds is 4. The fourth-order valence-electron chi connectivity index (χ4n) is 2.91. The molecule has 9 heteroatoms. The molecule has 1 aliphatic rings. The molecule has 3 heterocycles. The number of aromatic nitrogens is 2. The molecule has 3 aromatic rings. The van der Waals surface area contributed by atoms with Gasteiger partial charge in [-0.15, -0.1) is 24.8 Å². The zero-order chi connectivity index (χ0) is 16.5. The van der Waals surface area contributed by atoms with Gasteiger partial charge in [0, 0.05) is 12.2 Å². The number of nitrogens with zero attached hydrogens (tertiary/aromatic N) is 1. The van der Waals surface area contributed by atoms with Crippen LogP contribution in [0.3, 0.4) is 0 Å². The van der Waals surface area contributed by atoms with Gasteiger partial charge in [0.25, 0.3) is 5.91 Å². The monoisotopic (exact) mass is 398 g/mol. The van der Waals surface area contributed by atoms with Crippen LogP contribution in [-0.2, 0) is 9.53 Å². The number of ether oxygens (including phenoxy) is 1. The van der Waals surface area contributed by atoms with Crippen molar-refractivity contribution in [2.75, 3.05) is 11.9 Å². The van der Waals surface area contributed by atoms with Crippen molar-refractivity contribution >= 4 is 47.4 Å². The smallest absolute Gasteiger partial charge is 0.253 e. The maximum Gasteiger partial charge on any atom is 0.253 e. The van der Waals surface area contributed by atoms with Crippen molar-refractivity contribution in [1.82, 2.24) is 9.97 Å². The average molecular weight is 399 g/mol. The lowest BCUT2D eigenvalue weighted by atomic mass is 10.2. The van der Waals surface area contributed by atoms with Crippen molar-refractivity contribution in [2.24, 2.45) is 5.73 Å². The number of hydrogen-bond acceptors (Lipinski definition) is 5. The number of H-pyrrole nitrogens is 1. The quantitative estimate of drug-likeness (QED) is 0.625. The maximum atomic E-state index is 12.3. The van der Waals surface area contributed by atoms with Gasteiger partial charge < -0.3 is 25.2 Å². The van der Waals surface area contributed by atoms with E-state index in [1.165, 1.54) is 0 Å². The van der Waals surface area contributed by atoms with Gasteiger partial charge in [-0.3, -0.25) is 4.79 Å². The van der Waals surface area contributed by atoms with Gasteiger partial charge in [0.1, 0.15) is 6.10 Å². The lowest BCUT2D eigenvalue weighted by molar-refractivity contribution is -0.126. The third-order valence-electron chi connectivity index (χ3n) is 4.17. The molecule has 26 heavy (non-hydrogen) atoms. The Labute approximate surface area is 162 Å². The number of benzene rings is 1. The first-order valence-electron chi connectivity index (χ1n) is 7.93. The molecule has 0 bridgehead atoms. The Kier molecular flexibility index (Phi) is 6.66. The molecule has 1 aliphatic heterocycles. The summed E-state index contributed by atoms with van der Waals surface area (Å²) in [5.74, 6) is 1.18. The van der Waals surface area contributed by atoms with Crippen molar-refractivity contribution in [1.29, 1.82) is 0 Å². The van der Waals surface area contributed by atoms with Crippen molar-refractivity contribution in [2.45, 2.75) is 25.0 Å². The molecule has 4 N–H and O–H groups in total. The number of nitrogens with two attached hydrogens (primary N) is 1. The van der Waals surface area contributed by atoms with Crippen LogP contribution in [0.4, 0.5) is 5.69 Å². The second-order valence-corrected chi connectivity index (χ2v) is 5.84. The lowest BCUT2D eigenvalue weighted by Crippen LogP contribution is -2.29. The van der Waals surface area contributed by atoms with Gasteiger partial charge in [0.05, 0.1) is 23.4 Å². The number of aromatic amines is 1. The number of anilines is 1. The van der Waals surface area contributed by atoms with Gasteiger partial charge >= 0.3 is 0 Å². The maximum absolute atomic E-state index is 12.3. The first kappa shape index (κ1) is 20.3. The Morgan fingerprint density at radius 3 is 2.85 bits per heavy atom. The molecule has 2 atom stereocenters. The van der Waals surface area contributed by atoms with Crippen molar-refractivity contribution in [3.8, 4) is 11.6 Å². The highest BCUT2D eigenvalue weighted by atomic mass is 35.5. The Bertz CT molecular complexity index is 866. The fraction of sp³-hybridized carbons (Fsp3) is 0.294. The highest BCUT2D eigenvalue weighted by Crippen LogP contribution is 2.24. The zero-order valence-corrected chi connectivity index (χ0v) is 15.4. The third kappa shape index (κ3) is 4.02. The van der Waals surface area contributed by atoms with Gasteiger partial charge in [0.15, 0.2) is 11.6 Å². The fourth-order valence-corrected chi connectivity index (χ4v) is 2.91. The van der Waals surface area contributed by atoms with E-state index in [1.54, 1.807) is 6.26 Å². The van der Waals surface area contributed by atoms with Gasteiger partial charge in [0.2, 0.25) is 0 Å². The lowest BCUT2D eigenvalue weighted by Gasteiger charge is -2.12. The standard InChI is InChI=1S/C17H18N4O3.2ClH/c18-9-11-4-6-15(24-11)17(22)19-10-3-5-12-13(8-10)21-16(20-12)14-2-1-7-23-14;;/h1-3,5,7-8,11,15H,4,6,9,18H2,(H,19,22)(H,20,21);2*1H/t11-,15+;;/m1../s1. The number of fused-ring (bicyclic) bond motifs is 1. The van der Waals surface area contributed by atoms with E-state index in [4.69, 9.17) is 14.9 Å². The van der Waals surface area contributed by atoms with E-state index in [2.05, 4.69) is 15.3 Å². The molecular weight excluding hydrogens is 379 g/mol. The molecule has 4 rings (SSSR count). The molecule has 0 unspecified atom stereocenters. The second-order valence-electron chi connectivity index (χ2n) is 5.84. The van der Waals surface area contributed by atoms with E-state index < -0.39 is 6.10 Å². The first-order valence-corrected chi connectivity index (χ1v) is 7.93. The van der Waals surface area contributed by atoms with E-state index in [-0.39, 0.29) is 36.8 Å². The Hall–Kier alpha value is -2.06. The van der Waals surface area contributed by atoms with Crippen LogP contribution >= 0.6 is 24.8 Å². The van der Waals surface area contributed by atoms with Gasteiger partial charge in [-0.2, -0.15) is 0 Å². The number of carbonyl (C=O) groups excluding carboxylic acids is 1. The summed E-state index contributed by atoms with van der Waals surface area (Å²) in [7, 11) is 0. The third-order valence-corrected chi connectivity index (χ3v) is 4.17. The zero-order valence-electron chi connectivity index (χ0n) is 13.8. The molecule has 0 radical (unpaired) electrons. The van der Waals surface area contributed by atoms with E-state index >= 15 is 0 Å². The summed E-state index contributed by atoms with van der Waals surface area (Å²) in [6.07, 6.45) is 2.66. The number of nitrogens with one attached hydrogen (secondary N) is 2. The van der Waals surface area contributed by atoms with E-state index in [1.807, 2.05) is 30.3 Å². The SMILES string of the molecule is Cl.Cl.NC[C@H]1CC[C@@H](C(=O)Nc2ccc3nc(-c4ccco4)[nH]c3c2)O1. The number of hydrogen-bond donors (Lipinski definition) is 3. The predicted octanol–water partition coefficient (Wildman–Crippen LogP) is 3.11. The molecule has 2 aromatic heterocycles. The topological polar surface area (TPSA) is 106 Å². The minimum atomic E-state index is -0.435. The first-order chi connectivity index (χ1) is 11.7. The predicted molar refractivity (Wildman–Crippen MR) is 104 cm³/mol. The Morgan fingerprint density at radius 1 is 1.31 bits per heavy atom. The van der Waals surface area contributed by atoms with Gasteiger partial charge in [-0.1, -0.05) is 0 Å². The van der Waals surface area contributed by atoms with Crippen LogP contribution in [0.15, 0.2) is 41.0 Å².